The third kappa shape index (κ3) is 4.42. The third-order valence-corrected chi connectivity index (χ3v) is 4.59. The van der Waals surface area contributed by atoms with E-state index in [9.17, 15) is 4.79 Å². The quantitative estimate of drug-likeness (QED) is 0.866. The molecule has 1 saturated heterocycles. The van der Waals surface area contributed by atoms with E-state index in [-0.39, 0.29) is 6.54 Å². The molecule has 7 nitrogen and oxygen atoms in total. The molecule has 1 atom stereocenters. The van der Waals surface area contributed by atoms with Crippen molar-refractivity contribution in [2.45, 2.75) is 51.6 Å². The van der Waals surface area contributed by atoms with Gasteiger partial charge in [-0.15, -0.1) is 0 Å². The van der Waals surface area contributed by atoms with Crippen LogP contribution in [0.2, 0.25) is 0 Å². The van der Waals surface area contributed by atoms with E-state index in [4.69, 9.17) is 5.11 Å². The van der Waals surface area contributed by atoms with E-state index in [1.807, 2.05) is 18.3 Å². The largest absolute Gasteiger partial charge is 0.480 e. The van der Waals surface area contributed by atoms with Crippen LogP contribution in [0.25, 0.3) is 0 Å². The second kappa shape index (κ2) is 7.74. The number of piperidine rings is 1. The van der Waals surface area contributed by atoms with Gasteiger partial charge in [0.15, 0.2) is 0 Å². The van der Waals surface area contributed by atoms with Gasteiger partial charge in [0.25, 0.3) is 0 Å². The maximum atomic E-state index is 11.0. The van der Waals surface area contributed by atoms with Gasteiger partial charge >= 0.3 is 5.97 Å². The first-order valence-electron chi connectivity index (χ1n) is 8.80. The Morgan fingerprint density at radius 2 is 2.20 bits per heavy atom. The van der Waals surface area contributed by atoms with Crippen molar-refractivity contribution in [3.8, 4) is 0 Å². The minimum Gasteiger partial charge on any atom is -0.480 e. The van der Waals surface area contributed by atoms with Crippen molar-refractivity contribution in [3.05, 3.63) is 41.7 Å². The minimum atomic E-state index is -0.861. The Labute approximate surface area is 147 Å². The van der Waals surface area contributed by atoms with Gasteiger partial charge in [-0.05, 0) is 31.5 Å². The highest BCUT2D eigenvalue weighted by molar-refractivity contribution is 5.66. The highest BCUT2D eigenvalue weighted by Crippen LogP contribution is 2.27. The van der Waals surface area contributed by atoms with Crippen molar-refractivity contribution < 1.29 is 9.90 Å². The van der Waals surface area contributed by atoms with Crippen LogP contribution >= 0.6 is 0 Å². The predicted octanol–water partition coefficient (Wildman–Crippen LogP) is 2.26. The Hall–Kier alpha value is -2.28. The predicted molar refractivity (Wildman–Crippen MR) is 93.2 cm³/mol. The fourth-order valence-electron chi connectivity index (χ4n) is 3.40. The lowest BCUT2D eigenvalue weighted by atomic mass is 9.94. The summed E-state index contributed by atoms with van der Waals surface area (Å²) in [5, 5.41) is 13.2. The van der Waals surface area contributed by atoms with E-state index in [0.717, 1.165) is 49.7 Å². The molecule has 0 radical (unpaired) electrons. The van der Waals surface area contributed by atoms with Crippen LogP contribution in [0.1, 0.15) is 55.7 Å². The number of rotatable bonds is 6. The summed E-state index contributed by atoms with van der Waals surface area (Å²) in [6.45, 7) is 6.84. The molecule has 134 valence electrons. The summed E-state index contributed by atoms with van der Waals surface area (Å²) in [4.78, 5) is 22.4. The van der Waals surface area contributed by atoms with Gasteiger partial charge in [0.2, 0.25) is 0 Å². The van der Waals surface area contributed by atoms with Crippen molar-refractivity contribution in [1.29, 1.82) is 0 Å². The highest BCUT2D eigenvalue weighted by atomic mass is 16.4. The summed E-state index contributed by atoms with van der Waals surface area (Å²) in [7, 11) is 0. The molecular weight excluding hydrogens is 318 g/mol. The van der Waals surface area contributed by atoms with Gasteiger partial charge in [-0.2, -0.15) is 5.10 Å². The van der Waals surface area contributed by atoms with Crippen molar-refractivity contribution in [3.63, 3.8) is 0 Å². The number of hydrogen-bond acceptors (Lipinski definition) is 5. The summed E-state index contributed by atoms with van der Waals surface area (Å²) in [5.74, 6) is 0.645. The SMILES string of the molecule is CC(C)c1nccc(CN2CCC[C@@H](c3ccnn3CC(=O)O)C2)n1. The first-order chi connectivity index (χ1) is 12.0. The zero-order chi connectivity index (χ0) is 17.8. The molecule has 1 aliphatic heterocycles. The molecule has 1 N–H and O–H groups in total. The van der Waals surface area contributed by atoms with E-state index < -0.39 is 5.97 Å². The van der Waals surface area contributed by atoms with Gasteiger partial charge in [-0.3, -0.25) is 14.4 Å². The number of nitrogens with zero attached hydrogens (tertiary/aromatic N) is 5. The lowest BCUT2D eigenvalue weighted by Crippen LogP contribution is -2.35. The van der Waals surface area contributed by atoms with Crippen LogP contribution in [0.4, 0.5) is 0 Å². The Morgan fingerprint density at radius 1 is 1.36 bits per heavy atom. The van der Waals surface area contributed by atoms with Crippen LogP contribution in [-0.4, -0.2) is 48.8 Å². The maximum absolute atomic E-state index is 11.0. The summed E-state index contributed by atoms with van der Waals surface area (Å²) in [6.07, 6.45) is 5.67. The van der Waals surface area contributed by atoms with Crippen molar-refractivity contribution in [2.75, 3.05) is 13.1 Å². The second-order valence-corrected chi connectivity index (χ2v) is 6.94. The van der Waals surface area contributed by atoms with E-state index in [1.54, 1.807) is 10.9 Å². The van der Waals surface area contributed by atoms with Gasteiger partial charge in [-0.25, -0.2) is 9.97 Å². The maximum Gasteiger partial charge on any atom is 0.325 e. The van der Waals surface area contributed by atoms with Crippen LogP contribution in [0, 0.1) is 0 Å². The average Bonchev–Trinajstić information content (AvgIpc) is 3.02. The number of carboxylic acids is 1. The Balaban J connectivity index is 1.68. The number of aromatic nitrogens is 4. The van der Waals surface area contributed by atoms with Crippen molar-refractivity contribution in [1.82, 2.24) is 24.6 Å². The summed E-state index contributed by atoms with van der Waals surface area (Å²) in [6, 6.07) is 3.92. The van der Waals surface area contributed by atoms with E-state index >= 15 is 0 Å². The van der Waals surface area contributed by atoms with Gasteiger partial charge in [0, 0.05) is 43.0 Å². The van der Waals surface area contributed by atoms with Gasteiger partial charge in [0.1, 0.15) is 12.4 Å². The van der Waals surface area contributed by atoms with Crippen LogP contribution in [0.15, 0.2) is 24.5 Å². The number of aliphatic carboxylic acids is 1. The Bertz CT molecular complexity index is 728. The molecule has 7 heteroatoms. The summed E-state index contributed by atoms with van der Waals surface area (Å²) >= 11 is 0. The smallest absolute Gasteiger partial charge is 0.325 e. The molecule has 0 saturated carbocycles. The standard InChI is InChI=1S/C18H25N5O2/c1-13(2)18-19-7-5-15(21-18)11-22-9-3-4-14(10-22)16-6-8-20-23(16)12-17(24)25/h5-8,13-14H,3-4,9-12H2,1-2H3,(H,24,25)/t14-/m1/s1. The van der Waals surface area contributed by atoms with Crippen molar-refractivity contribution in [2.24, 2.45) is 0 Å². The monoisotopic (exact) mass is 343 g/mol. The second-order valence-electron chi connectivity index (χ2n) is 6.94. The Kier molecular flexibility index (Phi) is 5.43. The molecule has 3 rings (SSSR count). The molecule has 1 fully saturated rings. The van der Waals surface area contributed by atoms with Gasteiger partial charge < -0.3 is 5.11 Å². The van der Waals surface area contributed by atoms with Crippen LogP contribution < -0.4 is 0 Å². The summed E-state index contributed by atoms with van der Waals surface area (Å²) < 4.78 is 1.61. The molecule has 1 aliphatic rings. The molecule has 25 heavy (non-hydrogen) atoms. The third-order valence-electron chi connectivity index (χ3n) is 4.59. The lowest BCUT2D eigenvalue weighted by Gasteiger charge is -2.32. The normalized spacial score (nSPS) is 18.6. The number of carbonyl (C=O) groups is 1. The van der Waals surface area contributed by atoms with Crippen molar-refractivity contribution >= 4 is 5.97 Å². The minimum absolute atomic E-state index is 0.0809. The first-order valence-corrected chi connectivity index (χ1v) is 8.80. The van der Waals surface area contributed by atoms with E-state index in [2.05, 4.69) is 33.8 Å². The molecule has 0 bridgehead atoms. The van der Waals surface area contributed by atoms with Gasteiger partial charge in [0.05, 0.1) is 5.69 Å². The fraction of sp³-hybridized carbons (Fsp3) is 0.556. The molecule has 0 spiro atoms. The topological polar surface area (TPSA) is 84.1 Å². The number of carboxylic acid groups (broad SMARTS) is 1. The molecule has 0 aromatic carbocycles. The highest BCUT2D eigenvalue weighted by Gasteiger charge is 2.25. The lowest BCUT2D eigenvalue weighted by molar-refractivity contribution is -0.137. The number of likely N-dealkylation sites (tertiary alicyclic amines) is 1. The van der Waals surface area contributed by atoms with Crippen LogP contribution in [0.3, 0.4) is 0 Å². The van der Waals surface area contributed by atoms with Crippen LogP contribution in [-0.2, 0) is 17.9 Å². The molecule has 3 heterocycles. The molecule has 2 aromatic rings. The molecule has 0 amide bonds. The molecule has 0 aliphatic carbocycles. The zero-order valence-corrected chi connectivity index (χ0v) is 14.8. The average molecular weight is 343 g/mol. The number of hydrogen-bond donors (Lipinski definition) is 1. The zero-order valence-electron chi connectivity index (χ0n) is 14.8. The molecular formula is C18H25N5O2. The Morgan fingerprint density at radius 3 is 2.96 bits per heavy atom. The first kappa shape index (κ1) is 17.5. The molecule has 2 aromatic heterocycles. The van der Waals surface area contributed by atoms with Gasteiger partial charge in [-0.1, -0.05) is 13.8 Å². The van der Waals surface area contributed by atoms with Crippen LogP contribution in [0.5, 0.6) is 0 Å². The van der Waals surface area contributed by atoms with E-state index in [1.165, 1.54) is 0 Å². The fourth-order valence-corrected chi connectivity index (χ4v) is 3.40. The van der Waals surface area contributed by atoms with E-state index in [0.29, 0.717) is 11.8 Å². The molecule has 0 unspecified atom stereocenters. The summed E-state index contributed by atoms with van der Waals surface area (Å²) in [5.41, 5.74) is 2.05.